The van der Waals surface area contributed by atoms with E-state index in [1.165, 1.54) is 0 Å². The Morgan fingerprint density at radius 2 is 2.50 bits per heavy atom. The Hall–Kier alpha value is -0.880. The van der Waals surface area contributed by atoms with Gasteiger partial charge in [0.05, 0.1) is 5.75 Å². The van der Waals surface area contributed by atoms with Gasteiger partial charge in [-0.05, 0) is 12.1 Å². The molecule has 4 nitrogen and oxygen atoms in total. The second kappa shape index (κ2) is 4.22. The molecule has 0 bridgehead atoms. The fourth-order valence-electron chi connectivity index (χ4n) is 0.548. The summed E-state index contributed by atoms with van der Waals surface area (Å²) in [5.41, 5.74) is 0. The number of nitrogens with zero attached hydrogens (tertiary/aromatic N) is 1. The highest BCUT2D eigenvalue weighted by atomic mass is 32.2. The van der Waals surface area contributed by atoms with Gasteiger partial charge in [-0.2, -0.15) is 5.10 Å². The van der Waals surface area contributed by atoms with Gasteiger partial charge in [0.2, 0.25) is 0 Å². The van der Waals surface area contributed by atoms with E-state index in [1.54, 1.807) is 12.1 Å². The summed E-state index contributed by atoms with van der Waals surface area (Å²) in [5, 5.41) is 15.4. The van der Waals surface area contributed by atoms with Crippen molar-refractivity contribution in [3.05, 3.63) is 16.8 Å². The van der Waals surface area contributed by atoms with E-state index in [-0.39, 0.29) is 5.75 Å². The van der Waals surface area contributed by atoms with Gasteiger partial charge < -0.3 is 5.11 Å². The number of carbonyl (C=O) groups is 1. The van der Waals surface area contributed by atoms with Crippen LogP contribution in [0.25, 0.3) is 0 Å². The van der Waals surface area contributed by atoms with E-state index in [1.807, 2.05) is 0 Å². The van der Waals surface area contributed by atoms with Gasteiger partial charge in [0, 0.05) is 0 Å². The lowest BCUT2D eigenvalue weighted by Crippen LogP contribution is -1.98. The van der Waals surface area contributed by atoms with Gasteiger partial charge in [0.15, 0.2) is 0 Å². The molecule has 1 aromatic rings. The fraction of sp³-hybridized carbons (Fsp3) is 0.167. The fourth-order valence-corrected chi connectivity index (χ4v) is 1.21. The molecule has 0 fully saturated rings. The van der Waals surface area contributed by atoms with Gasteiger partial charge in [-0.25, -0.2) is 0 Å². The molecule has 0 atom stereocenters. The molecular weight excluding hydrogens is 196 g/mol. The molecule has 0 radical (unpaired) electrons. The molecule has 0 aliphatic heterocycles. The Bertz CT molecular complexity index is 316. The minimum absolute atomic E-state index is 0.0115. The van der Waals surface area contributed by atoms with E-state index in [4.69, 9.17) is 17.3 Å². The maximum Gasteiger partial charge on any atom is 0.313 e. The average molecular weight is 202 g/mol. The van der Waals surface area contributed by atoms with Crippen LogP contribution in [0.4, 0.5) is 0 Å². The minimum Gasteiger partial charge on any atom is -0.481 e. The summed E-state index contributed by atoms with van der Waals surface area (Å²) < 4.78 is 0.537. The number of nitrogens with one attached hydrogen (secondary N) is 1. The van der Waals surface area contributed by atoms with Gasteiger partial charge in [0.1, 0.15) is 9.67 Å². The highest BCUT2D eigenvalue weighted by Crippen LogP contribution is 2.12. The molecule has 1 aromatic heterocycles. The number of carboxylic acid groups (broad SMARTS) is 1. The van der Waals surface area contributed by atoms with Crippen molar-refractivity contribution < 1.29 is 9.90 Å². The Morgan fingerprint density at radius 1 is 1.75 bits per heavy atom. The summed E-state index contributed by atoms with van der Waals surface area (Å²) >= 11 is 5.91. The van der Waals surface area contributed by atoms with Crippen LogP contribution in [0.5, 0.6) is 0 Å². The SMILES string of the molecule is O=C(O)CSc1ccc(=S)[nH]n1. The average Bonchev–Trinajstić information content (AvgIpc) is 2.03. The molecule has 0 unspecified atom stereocenters. The lowest BCUT2D eigenvalue weighted by molar-refractivity contribution is -0.133. The highest BCUT2D eigenvalue weighted by molar-refractivity contribution is 7.99. The molecule has 0 aliphatic carbocycles. The molecule has 0 saturated heterocycles. The zero-order valence-corrected chi connectivity index (χ0v) is 7.61. The molecule has 0 saturated carbocycles. The summed E-state index contributed by atoms with van der Waals surface area (Å²) in [4.78, 5) is 10.2. The Morgan fingerprint density at radius 3 is 3.00 bits per heavy atom. The molecule has 0 amide bonds. The molecule has 6 heteroatoms. The summed E-state index contributed by atoms with van der Waals surface area (Å²) in [6.07, 6.45) is 0. The van der Waals surface area contributed by atoms with E-state index in [0.29, 0.717) is 9.67 Å². The van der Waals surface area contributed by atoms with Crippen molar-refractivity contribution in [3.8, 4) is 0 Å². The van der Waals surface area contributed by atoms with Crippen molar-refractivity contribution in [1.82, 2.24) is 10.2 Å². The molecule has 64 valence electrons. The number of aromatic nitrogens is 2. The molecule has 2 N–H and O–H groups in total. The van der Waals surface area contributed by atoms with Crippen LogP contribution >= 0.6 is 24.0 Å². The Balaban J connectivity index is 2.59. The molecule has 1 heterocycles. The third kappa shape index (κ3) is 3.02. The summed E-state index contributed by atoms with van der Waals surface area (Å²) in [6.45, 7) is 0. The van der Waals surface area contributed by atoms with Crippen molar-refractivity contribution in [2.45, 2.75) is 5.03 Å². The summed E-state index contributed by atoms with van der Waals surface area (Å²) in [7, 11) is 0. The first kappa shape index (κ1) is 9.21. The molecule has 1 rings (SSSR count). The van der Waals surface area contributed by atoms with E-state index >= 15 is 0 Å². The number of aliphatic carboxylic acids is 1. The third-order valence-corrected chi connectivity index (χ3v) is 2.14. The zero-order chi connectivity index (χ0) is 8.97. The highest BCUT2D eigenvalue weighted by Gasteiger charge is 1.99. The standard InChI is InChI=1S/C6H6N2O2S2/c9-6(10)3-12-5-2-1-4(11)7-8-5/h1-2H,3H2,(H,7,11)(H,9,10). The predicted octanol–water partition coefficient (Wildman–Crippen LogP) is 1.32. The Kier molecular flexibility index (Phi) is 3.24. The normalized spacial score (nSPS) is 9.67. The van der Waals surface area contributed by atoms with Gasteiger partial charge in [-0.1, -0.05) is 24.0 Å². The molecule has 12 heavy (non-hydrogen) atoms. The number of aromatic amines is 1. The molecule has 0 spiro atoms. The van der Waals surface area contributed by atoms with Crippen LogP contribution in [0, 0.1) is 4.64 Å². The first-order chi connectivity index (χ1) is 5.68. The van der Waals surface area contributed by atoms with Crippen LogP contribution in [-0.4, -0.2) is 27.0 Å². The van der Waals surface area contributed by atoms with Crippen LogP contribution in [0.1, 0.15) is 0 Å². The number of hydrogen-bond donors (Lipinski definition) is 2. The van der Waals surface area contributed by atoms with Crippen molar-refractivity contribution in [2.75, 3.05) is 5.75 Å². The Labute approximate surface area is 78.0 Å². The van der Waals surface area contributed by atoms with Gasteiger partial charge >= 0.3 is 5.97 Å². The monoisotopic (exact) mass is 202 g/mol. The first-order valence-corrected chi connectivity index (χ1v) is 4.48. The van der Waals surface area contributed by atoms with Crippen LogP contribution < -0.4 is 0 Å². The van der Waals surface area contributed by atoms with E-state index in [2.05, 4.69) is 10.2 Å². The minimum atomic E-state index is -0.857. The third-order valence-electron chi connectivity index (χ3n) is 0.997. The molecule has 0 aliphatic rings. The van der Waals surface area contributed by atoms with Crippen LogP contribution in [0.3, 0.4) is 0 Å². The molecular formula is C6H6N2O2S2. The van der Waals surface area contributed by atoms with Crippen LogP contribution in [0.15, 0.2) is 17.2 Å². The van der Waals surface area contributed by atoms with E-state index in [0.717, 1.165) is 11.8 Å². The van der Waals surface area contributed by atoms with Crippen LogP contribution in [-0.2, 0) is 4.79 Å². The predicted molar refractivity (Wildman–Crippen MR) is 47.8 cm³/mol. The lowest BCUT2D eigenvalue weighted by atomic mass is 10.6. The number of carboxylic acids is 1. The van der Waals surface area contributed by atoms with Crippen molar-refractivity contribution >= 4 is 29.9 Å². The number of hydrogen-bond acceptors (Lipinski definition) is 4. The second-order valence-corrected chi connectivity index (χ2v) is 3.38. The maximum atomic E-state index is 10.2. The quantitative estimate of drug-likeness (QED) is 0.571. The first-order valence-electron chi connectivity index (χ1n) is 3.09. The van der Waals surface area contributed by atoms with Crippen molar-refractivity contribution in [1.29, 1.82) is 0 Å². The largest absolute Gasteiger partial charge is 0.481 e. The van der Waals surface area contributed by atoms with Gasteiger partial charge in [-0.3, -0.25) is 9.89 Å². The number of H-pyrrole nitrogens is 1. The topological polar surface area (TPSA) is 66.0 Å². The van der Waals surface area contributed by atoms with Gasteiger partial charge in [0.25, 0.3) is 0 Å². The van der Waals surface area contributed by atoms with Gasteiger partial charge in [-0.15, -0.1) is 0 Å². The lowest BCUT2D eigenvalue weighted by Gasteiger charge is -1.94. The summed E-state index contributed by atoms with van der Waals surface area (Å²) in [6, 6.07) is 3.36. The zero-order valence-electron chi connectivity index (χ0n) is 5.98. The van der Waals surface area contributed by atoms with E-state index in [9.17, 15) is 4.79 Å². The van der Waals surface area contributed by atoms with Crippen LogP contribution in [0.2, 0.25) is 0 Å². The van der Waals surface area contributed by atoms with E-state index < -0.39 is 5.97 Å². The number of rotatable bonds is 3. The maximum absolute atomic E-state index is 10.2. The number of thioether (sulfide) groups is 1. The smallest absolute Gasteiger partial charge is 0.313 e. The summed E-state index contributed by atoms with van der Waals surface area (Å²) in [5.74, 6) is -0.846. The van der Waals surface area contributed by atoms with Crippen molar-refractivity contribution in [3.63, 3.8) is 0 Å². The molecule has 0 aromatic carbocycles. The second-order valence-electron chi connectivity index (χ2n) is 1.94. The van der Waals surface area contributed by atoms with Crippen molar-refractivity contribution in [2.24, 2.45) is 0 Å².